The zero-order chi connectivity index (χ0) is 16.2. The minimum absolute atomic E-state index is 0.00932. The smallest absolute Gasteiger partial charge is 0.418 e. The SMILES string of the molecule is CCCOC(=Nc1ccc(Cl)cc1C(F)(F)F)n1ccnc1. The Balaban J connectivity index is 2.48. The molecular formula is C14H13ClF3N3O. The van der Waals surface area contributed by atoms with Crippen LogP contribution in [0.25, 0.3) is 0 Å². The fraction of sp³-hybridized carbons (Fsp3) is 0.286. The molecule has 118 valence electrons. The van der Waals surface area contributed by atoms with Crippen LogP contribution in [0.15, 0.2) is 41.9 Å². The van der Waals surface area contributed by atoms with Crippen LogP contribution >= 0.6 is 11.6 Å². The van der Waals surface area contributed by atoms with Gasteiger partial charge in [0.05, 0.1) is 17.9 Å². The van der Waals surface area contributed by atoms with E-state index in [-0.39, 0.29) is 16.7 Å². The van der Waals surface area contributed by atoms with Gasteiger partial charge in [0.1, 0.15) is 6.33 Å². The van der Waals surface area contributed by atoms with Crippen LogP contribution in [0.1, 0.15) is 18.9 Å². The number of rotatable bonds is 3. The minimum Gasteiger partial charge on any atom is -0.464 e. The number of alkyl halides is 3. The highest BCUT2D eigenvalue weighted by Crippen LogP contribution is 2.38. The van der Waals surface area contributed by atoms with Gasteiger partial charge in [-0.15, -0.1) is 0 Å². The van der Waals surface area contributed by atoms with E-state index in [1.165, 1.54) is 35.4 Å². The first-order valence-corrected chi connectivity index (χ1v) is 6.86. The van der Waals surface area contributed by atoms with Crippen LogP contribution in [-0.4, -0.2) is 22.2 Å². The lowest BCUT2D eigenvalue weighted by atomic mass is 10.2. The summed E-state index contributed by atoms with van der Waals surface area (Å²) in [4.78, 5) is 7.82. The van der Waals surface area contributed by atoms with Crippen molar-refractivity contribution in [2.75, 3.05) is 6.61 Å². The van der Waals surface area contributed by atoms with Crippen molar-refractivity contribution in [3.8, 4) is 0 Å². The van der Waals surface area contributed by atoms with Crippen molar-refractivity contribution in [2.45, 2.75) is 19.5 Å². The zero-order valence-corrected chi connectivity index (χ0v) is 12.4. The number of aromatic nitrogens is 2. The monoisotopic (exact) mass is 331 g/mol. The third-order valence-electron chi connectivity index (χ3n) is 2.64. The zero-order valence-electron chi connectivity index (χ0n) is 11.6. The van der Waals surface area contributed by atoms with Gasteiger partial charge in [-0.05, 0) is 24.6 Å². The summed E-state index contributed by atoms with van der Waals surface area (Å²) >= 11 is 5.65. The lowest BCUT2D eigenvalue weighted by Gasteiger charge is -2.13. The summed E-state index contributed by atoms with van der Waals surface area (Å²) < 4.78 is 46.1. The number of hydrogen-bond acceptors (Lipinski definition) is 3. The number of halogens is 4. The molecule has 0 radical (unpaired) electrons. The molecule has 0 aliphatic carbocycles. The summed E-state index contributed by atoms with van der Waals surface area (Å²) in [7, 11) is 0. The third kappa shape index (κ3) is 4.00. The van der Waals surface area contributed by atoms with Crippen LogP contribution in [0.3, 0.4) is 0 Å². The first-order chi connectivity index (χ1) is 10.4. The Kier molecular flexibility index (Phi) is 5.07. The summed E-state index contributed by atoms with van der Waals surface area (Å²) in [5, 5.41) is -0.00932. The van der Waals surface area contributed by atoms with Gasteiger partial charge in [0.25, 0.3) is 0 Å². The average Bonchev–Trinajstić information content (AvgIpc) is 2.98. The van der Waals surface area contributed by atoms with Crippen LogP contribution < -0.4 is 0 Å². The van der Waals surface area contributed by atoms with E-state index in [2.05, 4.69) is 9.98 Å². The number of nitrogens with zero attached hydrogens (tertiary/aromatic N) is 3. The molecule has 0 unspecified atom stereocenters. The molecule has 0 spiro atoms. The van der Waals surface area contributed by atoms with Crippen LogP contribution in [0.2, 0.25) is 5.02 Å². The summed E-state index contributed by atoms with van der Waals surface area (Å²) in [6.45, 7) is 2.21. The lowest BCUT2D eigenvalue weighted by Crippen LogP contribution is -2.15. The average molecular weight is 332 g/mol. The molecule has 0 amide bonds. The standard InChI is InChI=1S/C14H13ClF3N3O/c1-2-7-22-13(21-6-5-19-9-21)20-12-4-3-10(15)8-11(12)14(16,17)18/h3-6,8-9H,2,7H2,1H3. The molecule has 0 bridgehead atoms. The van der Waals surface area contributed by atoms with Gasteiger partial charge < -0.3 is 4.74 Å². The van der Waals surface area contributed by atoms with E-state index in [0.29, 0.717) is 13.0 Å². The molecule has 2 aromatic rings. The fourth-order valence-corrected chi connectivity index (χ4v) is 1.84. The highest BCUT2D eigenvalue weighted by Gasteiger charge is 2.34. The Morgan fingerprint density at radius 1 is 1.41 bits per heavy atom. The van der Waals surface area contributed by atoms with E-state index in [1.54, 1.807) is 0 Å². The molecule has 1 heterocycles. The Morgan fingerprint density at radius 2 is 2.18 bits per heavy atom. The summed E-state index contributed by atoms with van der Waals surface area (Å²) in [6.07, 6.45) is 0.557. The van der Waals surface area contributed by atoms with Gasteiger partial charge in [0.15, 0.2) is 0 Å². The highest BCUT2D eigenvalue weighted by molar-refractivity contribution is 6.30. The fourth-order valence-electron chi connectivity index (χ4n) is 1.67. The topological polar surface area (TPSA) is 39.4 Å². The van der Waals surface area contributed by atoms with Crippen molar-refractivity contribution in [3.05, 3.63) is 47.5 Å². The molecule has 22 heavy (non-hydrogen) atoms. The van der Waals surface area contributed by atoms with Gasteiger partial charge in [-0.1, -0.05) is 18.5 Å². The predicted molar refractivity (Wildman–Crippen MR) is 77.4 cm³/mol. The van der Waals surface area contributed by atoms with E-state index in [9.17, 15) is 13.2 Å². The Labute approximate surface area is 130 Å². The molecule has 0 saturated heterocycles. The van der Waals surface area contributed by atoms with Gasteiger partial charge in [-0.25, -0.2) is 4.98 Å². The van der Waals surface area contributed by atoms with E-state index in [1.807, 2.05) is 6.92 Å². The molecule has 0 aliphatic rings. The van der Waals surface area contributed by atoms with Gasteiger partial charge in [0, 0.05) is 17.4 Å². The molecule has 1 aromatic heterocycles. The molecular weight excluding hydrogens is 319 g/mol. The normalized spacial score (nSPS) is 12.5. The Bertz CT molecular complexity index is 654. The van der Waals surface area contributed by atoms with Crippen molar-refractivity contribution < 1.29 is 17.9 Å². The molecule has 0 atom stereocenters. The summed E-state index contributed by atoms with van der Waals surface area (Å²) in [5.41, 5.74) is -1.19. The number of ether oxygens (including phenoxy) is 1. The summed E-state index contributed by atoms with van der Waals surface area (Å²) in [6, 6.07) is 3.41. The maximum atomic E-state index is 13.1. The second kappa shape index (κ2) is 6.83. The van der Waals surface area contributed by atoms with Crippen molar-refractivity contribution in [1.29, 1.82) is 0 Å². The molecule has 0 N–H and O–H groups in total. The van der Waals surface area contributed by atoms with Crippen LogP contribution in [0.4, 0.5) is 18.9 Å². The van der Waals surface area contributed by atoms with Crippen molar-refractivity contribution in [2.24, 2.45) is 4.99 Å². The predicted octanol–water partition coefficient (Wildman–Crippen LogP) is 4.52. The van der Waals surface area contributed by atoms with E-state index in [0.717, 1.165) is 6.07 Å². The van der Waals surface area contributed by atoms with Gasteiger partial charge >= 0.3 is 12.2 Å². The lowest BCUT2D eigenvalue weighted by molar-refractivity contribution is -0.137. The Morgan fingerprint density at radius 3 is 2.77 bits per heavy atom. The molecule has 1 aromatic carbocycles. The number of benzene rings is 1. The van der Waals surface area contributed by atoms with Crippen molar-refractivity contribution in [3.63, 3.8) is 0 Å². The quantitative estimate of drug-likeness (QED) is 0.613. The first kappa shape index (κ1) is 16.4. The maximum absolute atomic E-state index is 13.1. The van der Waals surface area contributed by atoms with Gasteiger partial charge in [-0.3, -0.25) is 4.57 Å². The number of aliphatic imine (C=N–C) groups is 1. The number of imidazole rings is 1. The number of hydrogen-bond donors (Lipinski definition) is 0. The summed E-state index contributed by atoms with van der Waals surface area (Å²) in [5.74, 6) is 0. The largest absolute Gasteiger partial charge is 0.464 e. The molecule has 0 saturated carbocycles. The molecule has 0 fully saturated rings. The minimum atomic E-state index is -4.56. The van der Waals surface area contributed by atoms with E-state index < -0.39 is 11.7 Å². The molecule has 4 nitrogen and oxygen atoms in total. The van der Waals surface area contributed by atoms with Crippen LogP contribution in [-0.2, 0) is 10.9 Å². The first-order valence-electron chi connectivity index (χ1n) is 6.48. The molecule has 8 heteroatoms. The van der Waals surface area contributed by atoms with Crippen molar-refractivity contribution >= 4 is 23.3 Å². The second-order valence-electron chi connectivity index (χ2n) is 4.37. The van der Waals surface area contributed by atoms with E-state index in [4.69, 9.17) is 16.3 Å². The van der Waals surface area contributed by atoms with E-state index >= 15 is 0 Å². The van der Waals surface area contributed by atoms with Gasteiger partial charge in [0.2, 0.25) is 0 Å². The van der Waals surface area contributed by atoms with Crippen molar-refractivity contribution in [1.82, 2.24) is 9.55 Å². The third-order valence-corrected chi connectivity index (χ3v) is 2.88. The van der Waals surface area contributed by atoms with Gasteiger partial charge in [-0.2, -0.15) is 18.2 Å². The molecule has 2 rings (SSSR count). The Hall–Kier alpha value is -2.02. The van der Waals surface area contributed by atoms with Crippen LogP contribution in [0, 0.1) is 0 Å². The second-order valence-corrected chi connectivity index (χ2v) is 4.81. The van der Waals surface area contributed by atoms with Crippen LogP contribution in [0.5, 0.6) is 0 Å². The maximum Gasteiger partial charge on any atom is 0.418 e. The molecule has 0 aliphatic heterocycles. The highest BCUT2D eigenvalue weighted by atomic mass is 35.5.